The van der Waals surface area contributed by atoms with Crippen molar-refractivity contribution in [1.82, 2.24) is 15.5 Å². The average Bonchev–Trinajstić information content (AvgIpc) is 2.72. The van der Waals surface area contributed by atoms with Crippen LogP contribution >= 0.6 is 24.0 Å². The summed E-state index contributed by atoms with van der Waals surface area (Å²) in [6, 6.07) is 8.35. The second-order valence-electron chi connectivity index (χ2n) is 6.96. The highest BCUT2D eigenvalue weighted by atomic mass is 127. The molecule has 1 unspecified atom stereocenters. The smallest absolute Gasteiger partial charge is 0.191 e. The summed E-state index contributed by atoms with van der Waals surface area (Å²) in [4.78, 5) is 7.16. The molecule has 1 saturated heterocycles. The monoisotopic (exact) mass is 504 g/mol. The predicted molar refractivity (Wildman–Crippen MR) is 127 cm³/mol. The van der Waals surface area contributed by atoms with Gasteiger partial charge in [0.15, 0.2) is 5.96 Å². The molecule has 28 heavy (non-hydrogen) atoms. The summed E-state index contributed by atoms with van der Waals surface area (Å²) in [5, 5.41) is 6.80. The molecule has 1 aliphatic rings. The number of benzene rings is 1. The summed E-state index contributed by atoms with van der Waals surface area (Å²) in [6.45, 7) is 11.9. The van der Waals surface area contributed by atoms with Crippen LogP contribution in [0.4, 0.5) is 0 Å². The van der Waals surface area contributed by atoms with Gasteiger partial charge in [0.25, 0.3) is 0 Å². The summed E-state index contributed by atoms with van der Waals surface area (Å²) >= 11 is 0. The third kappa shape index (κ3) is 9.43. The molecule has 0 bridgehead atoms. The van der Waals surface area contributed by atoms with Crippen LogP contribution in [0.2, 0.25) is 0 Å². The highest BCUT2D eigenvalue weighted by Crippen LogP contribution is 2.21. The number of guanidine groups is 1. The van der Waals surface area contributed by atoms with Crippen molar-refractivity contribution in [2.75, 3.05) is 59.6 Å². The first-order valence-electron chi connectivity index (χ1n) is 10.2. The van der Waals surface area contributed by atoms with Crippen LogP contribution in [-0.4, -0.2) is 70.5 Å². The molecule has 0 spiro atoms. The molecular formula is C21H37IN4O2. The van der Waals surface area contributed by atoms with E-state index in [1.807, 2.05) is 12.1 Å². The number of halogens is 1. The van der Waals surface area contributed by atoms with E-state index in [1.54, 1.807) is 7.11 Å². The average molecular weight is 504 g/mol. The first-order valence-corrected chi connectivity index (χ1v) is 10.2. The molecule has 1 atom stereocenters. The number of nitrogens with one attached hydrogen (secondary N) is 2. The standard InChI is InChI=1S/C21H36N4O2.HI/c1-4-22-21(23-11-5-13-25-14-16-27-17-15-25)24-12-10-18(2)19-6-8-20(26-3)9-7-19;/h6-9,18H,4-5,10-17H2,1-3H3,(H2,22,23,24);1H. The van der Waals surface area contributed by atoms with Crippen molar-refractivity contribution in [1.29, 1.82) is 0 Å². The van der Waals surface area contributed by atoms with Crippen molar-refractivity contribution in [3.63, 3.8) is 0 Å². The van der Waals surface area contributed by atoms with E-state index in [-0.39, 0.29) is 24.0 Å². The van der Waals surface area contributed by atoms with E-state index in [4.69, 9.17) is 14.5 Å². The van der Waals surface area contributed by atoms with Crippen LogP contribution in [0.15, 0.2) is 29.3 Å². The SMILES string of the molecule is CCNC(=NCCCN1CCOCC1)NCCC(C)c1ccc(OC)cc1.I. The second kappa shape index (κ2) is 14.9. The van der Waals surface area contributed by atoms with Crippen molar-refractivity contribution in [3.8, 4) is 5.75 Å². The maximum absolute atomic E-state index is 5.39. The van der Waals surface area contributed by atoms with Gasteiger partial charge in [-0.25, -0.2) is 0 Å². The van der Waals surface area contributed by atoms with Gasteiger partial charge in [-0.2, -0.15) is 0 Å². The zero-order valence-corrected chi connectivity index (χ0v) is 19.9. The minimum Gasteiger partial charge on any atom is -0.497 e. The fraction of sp³-hybridized carbons (Fsp3) is 0.667. The van der Waals surface area contributed by atoms with Crippen molar-refractivity contribution in [3.05, 3.63) is 29.8 Å². The Balaban J connectivity index is 0.00000392. The Morgan fingerprint density at radius 1 is 1.21 bits per heavy atom. The molecule has 0 radical (unpaired) electrons. The van der Waals surface area contributed by atoms with Gasteiger partial charge in [0, 0.05) is 39.3 Å². The fourth-order valence-corrected chi connectivity index (χ4v) is 3.16. The third-order valence-electron chi connectivity index (χ3n) is 4.90. The number of hydrogen-bond donors (Lipinski definition) is 2. The van der Waals surface area contributed by atoms with Crippen molar-refractivity contribution in [2.24, 2.45) is 4.99 Å². The lowest BCUT2D eigenvalue weighted by atomic mass is 9.98. The number of methoxy groups -OCH3 is 1. The molecule has 0 saturated carbocycles. The van der Waals surface area contributed by atoms with E-state index in [1.165, 1.54) is 5.56 Å². The predicted octanol–water partition coefficient (Wildman–Crippen LogP) is 3.08. The molecule has 1 aromatic carbocycles. The van der Waals surface area contributed by atoms with Crippen molar-refractivity contribution in [2.45, 2.75) is 32.6 Å². The molecule has 160 valence electrons. The van der Waals surface area contributed by atoms with Crippen LogP contribution in [0.5, 0.6) is 5.75 Å². The van der Waals surface area contributed by atoms with E-state index in [9.17, 15) is 0 Å². The summed E-state index contributed by atoms with van der Waals surface area (Å²) in [5.41, 5.74) is 1.34. The Morgan fingerprint density at radius 2 is 1.93 bits per heavy atom. The zero-order chi connectivity index (χ0) is 19.3. The van der Waals surface area contributed by atoms with Crippen LogP contribution < -0.4 is 15.4 Å². The Hall–Kier alpha value is -1.06. The molecule has 2 rings (SSSR count). The third-order valence-corrected chi connectivity index (χ3v) is 4.90. The normalized spacial score (nSPS) is 16.2. The molecule has 1 fully saturated rings. The van der Waals surface area contributed by atoms with Crippen LogP contribution in [0.3, 0.4) is 0 Å². The number of hydrogen-bond acceptors (Lipinski definition) is 4. The van der Waals surface area contributed by atoms with Gasteiger partial charge in [0.2, 0.25) is 0 Å². The van der Waals surface area contributed by atoms with Gasteiger partial charge < -0.3 is 20.1 Å². The van der Waals surface area contributed by atoms with Gasteiger partial charge in [-0.05, 0) is 43.4 Å². The van der Waals surface area contributed by atoms with Crippen LogP contribution in [0.1, 0.15) is 38.2 Å². The van der Waals surface area contributed by atoms with E-state index in [0.29, 0.717) is 5.92 Å². The van der Waals surface area contributed by atoms with E-state index in [2.05, 4.69) is 41.5 Å². The van der Waals surface area contributed by atoms with E-state index >= 15 is 0 Å². The van der Waals surface area contributed by atoms with Crippen molar-refractivity contribution < 1.29 is 9.47 Å². The maximum Gasteiger partial charge on any atom is 0.191 e. The highest BCUT2D eigenvalue weighted by molar-refractivity contribution is 14.0. The second-order valence-corrected chi connectivity index (χ2v) is 6.96. The Kier molecular flexibility index (Phi) is 13.3. The molecule has 1 aliphatic heterocycles. The molecule has 1 heterocycles. The van der Waals surface area contributed by atoms with Gasteiger partial charge in [0.05, 0.1) is 20.3 Å². The number of aliphatic imine (C=N–C) groups is 1. The topological polar surface area (TPSA) is 58.1 Å². The number of ether oxygens (including phenoxy) is 2. The summed E-state index contributed by atoms with van der Waals surface area (Å²) in [6.07, 6.45) is 2.14. The first-order chi connectivity index (χ1) is 13.2. The number of morpholine rings is 1. The first kappa shape index (κ1) is 25.0. The summed E-state index contributed by atoms with van der Waals surface area (Å²) < 4.78 is 10.6. The molecule has 0 aliphatic carbocycles. The molecule has 0 amide bonds. The zero-order valence-electron chi connectivity index (χ0n) is 17.6. The molecule has 2 N–H and O–H groups in total. The highest BCUT2D eigenvalue weighted by Gasteiger charge is 2.09. The minimum absolute atomic E-state index is 0. The fourth-order valence-electron chi connectivity index (χ4n) is 3.16. The maximum atomic E-state index is 5.39. The Labute approximate surface area is 187 Å². The largest absolute Gasteiger partial charge is 0.497 e. The lowest BCUT2D eigenvalue weighted by molar-refractivity contribution is 0.0377. The van der Waals surface area contributed by atoms with Gasteiger partial charge >= 0.3 is 0 Å². The van der Waals surface area contributed by atoms with Crippen LogP contribution in [0, 0.1) is 0 Å². The van der Waals surface area contributed by atoms with Crippen LogP contribution in [0.25, 0.3) is 0 Å². The van der Waals surface area contributed by atoms with Crippen LogP contribution in [-0.2, 0) is 4.74 Å². The van der Waals surface area contributed by atoms with Gasteiger partial charge in [0.1, 0.15) is 5.75 Å². The lowest BCUT2D eigenvalue weighted by Crippen LogP contribution is -2.39. The molecule has 6 nitrogen and oxygen atoms in total. The molecule has 0 aromatic heterocycles. The molecular weight excluding hydrogens is 467 g/mol. The van der Waals surface area contributed by atoms with Gasteiger partial charge in [-0.1, -0.05) is 19.1 Å². The summed E-state index contributed by atoms with van der Waals surface area (Å²) in [7, 11) is 1.70. The molecule has 1 aromatic rings. The van der Waals surface area contributed by atoms with Crippen molar-refractivity contribution >= 4 is 29.9 Å². The Bertz CT molecular complexity index is 548. The summed E-state index contributed by atoms with van der Waals surface area (Å²) in [5.74, 6) is 2.32. The number of nitrogens with zero attached hydrogens (tertiary/aromatic N) is 2. The quantitative estimate of drug-likeness (QED) is 0.222. The van der Waals surface area contributed by atoms with E-state index in [0.717, 1.165) is 77.0 Å². The van der Waals surface area contributed by atoms with Gasteiger partial charge in [-0.15, -0.1) is 24.0 Å². The Morgan fingerprint density at radius 3 is 2.57 bits per heavy atom. The number of rotatable bonds is 10. The van der Waals surface area contributed by atoms with E-state index < -0.39 is 0 Å². The van der Waals surface area contributed by atoms with Gasteiger partial charge in [-0.3, -0.25) is 9.89 Å². The molecule has 7 heteroatoms. The lowest BCUT2D eigenvalue weighted by Gasteiger charge is -2.26. The minimum atomic E-state index is 0.